The Morgan fingerprint density at radius 3 is 2.52 bits per heavy atom. The molecule has 0 bridgehead atoms. The Morgan fingerprint density at radius 2 is 1.86 bits per heavy atom. The summed E-state index contributed by atoms with van der Waals surface area (Å²) in [4.78, 5) is 4.49. The summed E-state index contributed by atoms with van der Waals surface area (Å²) in [6, 6.07) is 8.00. The molecule has 2 N–H and O–H groups in total. The van der Waals surface area contributed by atoms with Gasteiger partial charge in [0.05, 0.1) is 0 Å². The number of rotatable bonds is 5. The van der Waals surface area contributed by atoms with Crippen LogP contribution in [-0.4, -0.2) is 10.1 Å². The van der Waals surface area contributed by atoms with Gasteiger partial charge in [-0.05, 0) is 17.9 Å². The Morgan fingerprint density at radius 1 is 1.14 bits per heavy atom. The molecule has 0 amide bonds. The van der Waals surface area contributed by atoms with Crippen molar-refractivity contribution in [3.8, 4) is 11.4 Å². The first kappa shape index (κ1) is 16.0. The van der Waals surface area contributed by atoms with Gasteiger partial charge in [0.1, 0.15) is 0 Å². The highest BCUT2D eigenvalue weighted by atomic mass is 35.5. The molecule has 2 aromatic rings. The Kier molecular flexibility index (Phi) is 5.76. The fourth-order valence-electron chi connectivity index (χ4n) is 2.89. The molecule has 1 fully saturated rings. The average Bonchev–Trinajstić information content (AvgIpc) is 3.17. The minimum atomic E-state index is 0. The maximum atomic E-state index is 5.59. The molecule has 0 radical (unpaired) electrons. The summed E-state index contributed by atoms with van der Waals surface area (Å²) < 4.78 is 5.35. The smallest absolute Gasteiger partial charge is 0.226 e. The predicted octanol–water partition coefficient (Wildman–Crippen LogP) is 3.74. The van der Waals surface area contributed by atoms with E-state index in [4.69, 9.17) is 10.3 Å². The highest BCUT2D eigenvalue weighted by Gasteiger charge is 2.16. The number of hydrogen-bond acceptors (Lipinski definition) is 4. The molecule has 0 saturated heterocycles. The first-order chi connectivity index (χ1) is 9.85. The summed E-state index contributed by atoms with van der Waals surface area (Å²) in [6.07, 6.45) is 7.57. The van der Waals surface area contributed by atoms with Crippen LogP contribution in [0.15, 0.2) is 28.8 Å². The first-order valence-electron chi connectivity index (χ1n) is 7.47. The standard InChI is InChI=1S/C16H21N3O.ClH/c17-11-13-5-8-14(9-6-13)16-18-15(20-19-16)10-7-12-3-1-2-4-12;/h5-6,8-9,12H,1-4,7,10-11,17H2;1H. The predicted molar refractivity (Wildman–Crippen MR) is 85.2 cm³/mol. The van der Waals surface area contributed by atoms with Crippen molar-refractivity contribution in [2.45, 2.75) is 45.1 Å². The Hall–Kier alpha value is -1.39. The van der Waals surface area contributed by atoms with Crippen molar-refractivity contribution < 1.29 is 4.52 Å². The molecular formula is C16H22ClN3O. The Bertz CT molecular complexity index is 547. The van der Waals surface area contributed by atoms with Crippen LogP contribution in [0.4, 0.5) is 0 Å². The molecule has 21 heavy (non-hydrogen) atoms. The lowest BCUT2D eigenvalue weighted by molar-refractivity contribution is 0.362. The number of nitrogens with zero attached hydrogens (tertiary/aromatic N) is 2. The van der Waals surface area contributed by atoms with E-state index in [1.807, 2.05) is 24.3 Å². The SMILES string of the molecule is Cl.NCc1ccc(-c2noc(CCC3CCCC3)n2)cc1. The highest BCUT2D eigenvalue weighted by molar-refractivity contribution is 5.85. The number of aryl methyl sites for hydroxylation is 1. The van der Waals surface area contributed by atoms with Gasteiger partial charge in [-0.25, -0.2) is 0 Å². The third kappa shape index (κ3) is 4.05. The summed E-state index contributed by atoms with van der Waals surface area (Å²) in [7, 11) is 0. The zero-order valence-electron chi connectivity index (χ0n) is 12.1. The molecule has 1 aliphatic carbocycles. The van der Waals surface area contributed by atoms with Crippen molar-refractivity contribution in [2.24, 2.45) is 11.7 Å². The Labute approximate surface area is 131 Å². The van der Waals surface area contributed by atoms with Crippen molar-refractivity contribution in [2.75, 3.05) is 0 Å². The van der Waals surface area contributed by atoms with Gasteiger partial charge in [0, 0.05) is 18.5 Å². The number of aromatic nitrogens is 2. The molecule has 114 valence electrons. The second-order valence-electron chi connectivity index (χ2n) is 5.60. The zero-order chi connectivity index (χ0) is 13.8. The van der Waals surface area contributed by atoms with E-state index in [2.05, 4.69) is 10.1 Å². The Balaban J connectivity index is 0.00000161. The number of nitrogens with two attached hydrogens (primary N) is 1. The molecule has 0 atom stereocenters. The van der Waals surface area contributed by atoms with Crippen molar-refractivity contribution in [1.82, 2.24) is 10.1 Å². The molecule has 0 unspecified atom stereocenters. The number of benzene rings is 1. The maximum absolute atomic E-state index is 5.59. The van der Waals surface area contributed by atoms with Gasteiger partial charge < -0.3 is 10.3 Å². The van der Waals surface area contributed by atoms with Crippen molar-refractivity contribution in [1.29, 1.82) is 0 Å². The lowest BCUT2D eigenvalue weighted by Crippen LogP contribution is -1.96. The van der Waals surface area contributed by atoms with E-state index in [1.165, 1.54) is 32.1 Å². The zero-order valence-corrected chi connectivity index (χ0v) is 12.9. The summed E-state index contributed by atoms with van der Waals surface area (Å²) in [6.45, 7) is 0.555. The van der Waals surface area contributed by atoms with Crippen LogP contribution in [0.5, 0.6) is 0 Å². The van der Waals surface area contributed by atoms with E-state index in [-0.39, 0.29) is 12.4 Å². The van der Waals surface area contributed by atoms with Crippen LogP contribution >= 0.6 is 12.4 Å². The van der Waals surface area contributed by atoms with Crippen LogP contribution in [0.1, 0.15) is 43.6 Å². The van der Waals surface area contributed by atoms with Crippen LogP contribution in [0.25, 0.3) is 11.4 Å². The number of hydrogen-bond donors (Lipinski definition) is 1. The van der Waals surface area contributed by atoms with Gasteiger partial charge in [-0.1, -0.05) is 55.1 Å². The average molecular weight is 308 g/mol. The summed E-state index contributed by atoms with van der Waals surface area (Å²) >= 11 is 0. The minimum Gasteiger partial charge on any atom is -0.339 e. The van der Waals surface area contributed by atoms with Gasteiger partial charge in [-0.2, -0.15) is 4.98 Å². The van der Waals surface area contributed by atoms with Crippen LogP contribution in [-0.2, 0) is 13.0 Å². The van der Waals surface area contributed by atoms with Crippen molar-refractivity contribution in [3.05, 3.63) is 35.7 Å². The fourth-order valence-corrected chi connectivity index (χ4v) is 2.89. The van der Waals surface area contributed by atoms with Gasteiger partial charge in [-0.3, -0.25) is 0 Å². The topological polar surface area (TPSA) is 64.9 Å². The van der Waals surface area contributed by atoms with E-state index in [0.29, 0.717) is 12.4 Å². The second-order valence-corrected chi connectivity index (χ2v) is 5.60. The van der Waals surface area contributed by atoms with E-state index >= 15 is 0 Å². The van der Waals surface area contributed by atoms with Crippen LogP contribution in [0.3, 0.4) is 0 Å². The first-order valence-corrected chi connectivity index (χ1v) is 7.47. The van der Waals surface area contributed by atoms with E-state index < -0.39 is 0 Å². The lowest BCUT2D eigenvalue weighted by atomic mass is 10.0. The largest absolute Gasteiger partial charge is 0.339 e. The summed E-state index contributed by atoms with van der Waals surface area (Å²) in [5, 5.41) is 4.07. The molecule has 0 aliphatic heterocycles. The molecule has 1 aliphatic rings. The number of halogens is 1. The molecule has 3 rings (SSSR count). The molecule has 1 heterocycles. The van der Waals surface area contributed by atoms with Crippen LogP contribution < -0.4 is 5.73 Å². The summed E-state index contributed by atoms with van der Waals surface area (Å²) in [5.74, 6) is 2.29. The van der Waals surface area contributed by atoms with Crippen molar-refractivity contribution in [3.63, 3.8) is 0 Å². The molecule has 5 heteroatoms. The molecule has 1 aromatic heterocycles. The van der Waals surface area contributed by atoms with Gasteiger partial charge in [0.25, 0.3) is 0 Å². The molecular weight excluding hydrogens is 286 g/mol. The van der Waals surface area contributed by atoms with Crippen molar-refractivity contribution >= 4 is 12.4 Å². The molecule has 4 nitrogen and oxygen atoms in total. The van der Waals surface area contributed by atoms with Crippen LogP contribution in [0, 0.1) is 5.92 Å². The third-order valence-corrected chi connectivity index (χ3v) is 4.16. The quantitative estimate of drug-likeness (QED) is 0.914. The summed E-state index contributed by atoms with van der Waals surface area (Å²) in [5.41, 5.74) is 7.69. The lowest BCUT2D eigenvalue weighted by Gasteiger charge is -2.04. The normalized spacial score (nSPS) is 15.1. The van der Waals surface area contributed by atoms with Gasteiger partial charge >= 0.3 is 0 Å². The molecule has 1 saturated carbocycles. The van der Waals surface area contributed by atoms with Gasteiger partial charge in [0.2, 0.25) is 11.7 Å². The second kappa shape index (κ2) is 7.57. The van der Waals surface area contributed by atoms with Gasteiger partial charge in [0.15, 0.2) is 0 Å². The van der Waals surface area contributed by atoms with Gasteiger partial charge in [-0.15, -0.1) is 12.4 Å². The fraction of sp³-hybridized carbons (Fsp3) is 0.500. The van der Waals surface area contributed by atoms with E-state index in [9.17, 15) is 0 Å². The highest BCUT2D eigenvalue weighted by Crippen LogP contribution is 2.28. The van der Waals surface area contributed by atoms with E-state index in [0.717, 1.165) is 29.4 Å². The third-order valence-electron chi connectivity index (χ3n) is 4.16. The van der Waals surface area contributed by atoms with Crippen LogP contribution in [0.2, 0.25) is 0 Å². The molecule has 1 aromatic carbocycles. The monoisotopic (exact) mass is 307 g/mol. The van der Waals surface area contributed by atoms with E-state index in [1.54, 1.807) is 0 Å². The minimum absolute atomic E-state index is 0. The maximum Gasteiger partial charge on any atom is 0.226 e. The molecule has 0 spiro atoms.